The van der Waals surface area contributed by atoms with Crippen molar-refractivity contribution in [2.24, 2.45) is 0 Å². The number of hydrogen-bond acceptors (Lipinski definition) is 3. The van der Waals surface area contributed by atoms with E-state index < -0.39 is 15.8 Å². The monoisotopic (exact) mass is 294 g/mol. The van der Waals surface area contributed by atoms with Crippen molar-refractivity contribution in [2.45, 2.75) is 6.42 Å². The van der Waals surface area contributed by atoms with Gasteiger partial charge in [-0.1, -0.05) is 30.3 Å². The van der Waals surface area contributed by atoms with E-state index >= 15 is 0 Å². The lowest BCUT2D eigenvalue weighted by Crippen LogP contribution is -2.18. The number of nitrogens with two attached hydrogens (primary N) is 1. The largest absolute Gasteiger partial charge is 0.396 e. The minimum Gasteiger partial charge on any atom is -0.396 e. The van der Waals surface area contributed by atoms with Crippen molar-refractivity contribution >= 4 is 21.4 Å². The number of nitrogen functional groups attached to an aromatic ring is 1. The number of anilines is 2. The molecule has 4 nitrogen and oxygen atoms in total. The summed E-state index contributed by atoms with van der Waals surface area (Å²) < 4.78 is 39.4. The first-order chi connectivity index (χ1) is 9.46. The molecular weight excluding hydrogens is 279 g/mol. The van der Waals surface area contributed by atoms with Crippen LogP contribution in [0.5, 0.6) is 0 Å². The van der Waals surface area contributed by atoms with Gasteiger partial charge in [-0.15, -0.1) is 0 Å². The van der Waals surface area contributed by atoms with Gasteiger partial charge < -0.3 is 5.73 Å². The molecule has 2 aromatic carbocycles. The van der Waals surface area contributed by atoms with E-state index in [0.29, 0.717) is 6.42 Å². The maximum absolute atomic E-state index is 13.2. The van der Waals surface area contributed by atoms with Crippen LogP contribution in [-0.2, 0) is 16.4 Å². The maximum Gasteiger partial charge on any atom is 0.233 e. The molecule has 0 bridgehead atoms. The van der Waals surface area contributed by atoms with Crippen LogP contribution in [0.3, 0.4) is 0 Å². The first kappa shape index (κ1) is 14.3. The van der Waals surface area contributed by atoms with Crippen molar-refractivity contribution < 1.29 is 12.8 Å². The molecule has 106 valence electrons. The Balaban J connectivity index is 2.02. The van der Waals surface area contributed by atoms with Crippen molar-refractivity contribution in [1.29, 1.82) is 0 Å². The van der Waals surface area contributed by atoms with E-state index in [1.54, 1.807) is 0 Å². The number of halogens is 1. The first-order valence-electron chi connectivity index (χ1n) is 6.06. The van der Waals surface area contributed by atoms with Crippen LogP contribution in [0.15, 0.2) is 48.5 Å². The van der Waals surface area contributed by atoms with Gasteiger partial charge in [-0.25, -0.2) is 12.8 Å². The fourth-order valence-corrected chi connectivity index (χ4v) is 2.81. The van der Waals surface area contributed by atoms with Gasteiger partial charge in [-0.3, -0.25) is 4.72 Å². The van der Waals surface area contributed by atoms with E-state index in [1.165, 1.54) is 12.1 Å². The second kappa shape index (κ2) is 5.92. The van der Waals surface area contributed by atoms with Crippen molar-refractivity contribution in [3.63, 3.8) is 0 Å². The molecule has 0 aliphatic rings. The number of rotatable bonds is 5. The van der Waals surface area contributed by atoms with E-state index in [-0.39, 0.29) is 17.1 Å². The minimum absolute atomic E-state index is 0.0165. The number of hydrogen-bond donors (Lipinski definition) is 2. The summed E-state index contributed by atoms with van der Waals surface area (Å²) in [5, 5.41) is 0. The molecule has 3 N–H and O–H groups in total. The Morgan fingerprint density at radius 1 is 1.10 bits per heavy atom. The molecular formula is C14H15FN2O2S. The average molecular weight is 294 g/mol. The molecule has 0 atom stereocenters. The fraction of sp³-hybridized carbons (Fsp3) is 0.143. The maximum atomic E-state index is 13.2. The van der Waals surface area contributed by atoms with E-state index in [2.05, 4.69) is 4.72 Å². The molecule has 0 radical (unpaired) electrons. The molecule has 2 rings (SSSR count). The third-order valence-corrected chi connectivity index (χ3v) is 4.06. The second-order valence-electron chi connectivity index (χ2n) is 4.39. The lowest BCUT2D eigenvalue weighted by atomic mass is 10.2. The van der Waals surface area contributed by atoms with Crippen LogP contribution in [0.25, 0.3) is 0 Å². The molecule has 2 aromatic rings. The lowest BCUT2D eigenvalue weighted by Gasteiger charge is -2.08. The molecule has 0 spiro atoms. The summed E-state index contributed by atoms with van der Waals surface area (Å²) in [6, 6.07) is 13.1. The molecule has 0 saturated heterocycles. The summed E-state index contributed by atoms with van der Waals surface area (Å²) in [5.74, 6) is -0.712. The third-order valence-electron chi connectivity index (χ3n) is 2.78. The number of benzene rings is 2. The van der Waals surface area contributed by atoms with Gasteiger partial charge >= 0.3 is 0 Å². The molecule has 0 fully saturated rings. The summed E-state index contributed by atoms with van der Waals surface area (Å²) in [4.78, 5) is 0. The van der Waals surface area contributed by atoms with Crippen LogP contribution >= 0.6 is 0 Å². The summed E-state index contributed by atoms with van der Waals surface area (Å²) >= 11 is 0. The molecule has 0 heterocycles. The molecule has 0 saturated carbocycles. The van der Waals surface area contributed by atoms with Gasteiger partial charge in [-0.05, 0) is 24.1 Å². The minimum atomic E-state index is -3.52. The van der Waals surface area contributed by atoms with E-state index in [9.17, 15) is 12.8 Å². The Labute approximate surface area is 117 Å². The normalized spacial score (nSPS) is 11.2. The van der Waals surface area contributed by atoms with E-state index in [0.717, 1.165) is 11.6 Å². The molecule has 0 aliphatic carbocycles. The van der Waals surface area contributed by atoms with Gasteiger partial charge in [0.1, 0.15) is 5.82 Å². The third kappa shape index (κ3) is 3.96. The zero-order valence-corrected chi connectivity index (χ0v) is 11.5. The van der Waals surface area contributed by atoms with Gasteiger partial charge in [0.05, 0.1) is 17.1 Å². The van der Waals surface area contributed by atoms with Gasteiger partial charge in [0.15, 0.2) is 0 Å². The topological polar surface area (TPSA) is 72.2 Å². The van der Waals surface area contributed by atoms with Crippen LogP contribution in [0.1, 0.15) is 5.56 Å². The Morgan fingerprint density at radius 2 is 1.80 bits per heavy atom. The van der Waals surface area contributed by atoms with Crippen LogP contribution < -0.4 is 10.5 Å². The smallest absolute Gasteiger partial charge is 0.233 e. The highest BCUT2D eigenvalue weighted by molar-refractivity contribution is 7.92. The highest BCUT2D eigenvalue weighted by Gasteiger charge is 2.11. The second-order valence-corrected chi connectivity index (χ2v) is 6.23. The molecule has 20 heavy (non-hydrogen) atoms. The molecule has 0 aromatic heterocycles. The quantitative estimate of drug-likeness (QED) is 0.832. The number of sulfonamides is 1. The molecule has 0 aliphatic heterocycles. The first-order valence-corrected chi connectivity index (χ1v) is 7.71. The predicted octanol–water partition coefficient (Wildman–Crippen LogP) is 2.39. The summed E-state index contributed by atoms with van der Waals surface area (Å²) in [6.07, 6.45) is 0.396. The van der Waals surface area contributed by atoms with Gasteiger partial charge in [-0.2, -0.15) is 0 Å². The Bertz CT molecular complexity index is 688. The molecule has 0 unspecified atom stereocenters. The van der Waals surface area contributed by atoms with Gasteiger partial charge in [0.2, 0.25) is 10.0 Å². The van der Waals surface area contributed by atoms with Crippen LogP contribution in [0.2, 0.25) is 0 Å². The van der Waals surface area contributed by atoms with Crippen LogP contribution in [-0.4, -0.2) is 14.2 Å². The van der Waals surface area contributed by atoms with E-state index in [4.69, 9.17) is 5.73 Å². The average Bonchev–Trinajstić information content (AvgIpc) is 2.42. The SMILES string of the molecule is Nc1ccc(NS(=O)(=O)CCc2ccccc2)cc1F. The van der Waals surface area contributed by atoms with Gasteiger partial charge in [0.25, 0.3) is 0 Å². The summed E-state index contributed by atoms with van der Waals surface area (Å²) in [7, 11) is -3.52. The number of aryl methyl sites for hydroxylation is 1. The van der Waals surface area contributed by atoms with E-state index in [1.807, 2.05) is 30.3 Å². The van der Waals surface area contributed by atoms with Crippen molar-refractivity contribution in [3.05, 3.63) is 59.9 Å². The molecule has 0 amide bonds. The standard InChI is InChI=1S/C14H15FN2O2S/c15-13-10-12(6-7-14(13)16)17-20(18,19)9-8-11-4-2-1-3-5-11/h1-7,10,17H,8-9,16H2. The van der Waals surface area contributed by atoms with Crippen molar-refractivity contribution in [3.8, 4) is 0 Å². The summed E-state index contributed by atoms with van der Waals surface area (Å²) in [5.41, 5.74) is 6.42. The predicted molar refractivity (Wildman–Crippen MR) is 78.4 cm³/mol. The highest BCUT2D eigenvalue weighted by atomic mass is 32.2. The fourth-order valence-electron chi connectivity index (χ4n) is 1.72. The number of nitrogens with one attached hydrogen (secondary N) is 1. The summed E-state index contributed by atoms with van der Waals surface area (Å²) in [6.45, 7) is 0. The Morgan fingerprint density at radius 3 is 2.45 bits per heavy atom. The van der Waals surface area contributed by atoms with Crippen LogP contribution in [0, 0.1) is 5.82 Å². The van der Waals surface area contributed by atoms with Crippen LogP contribution in [0.4, 0.5) is 15.8 Å². The highest BCUT2D eigenvalue weighted by Crippen LogP contribution is 2.17. The van der Waals surface area contributed by atoms with Gasteiger partial charge in [0, 0.05) is 6.07 Å². The molecule has 6 heteroatoms. The Hall–Kier alpha value is -2.08. The zero-order chi connectivity index (χ0) is 14.6. The van der Waals surface area contributed by atoms with Crippen molar-refractivity contribution in [2.75, 3.05) is 16.2 Å². The Kier molecular flexibility index (Phi) is 4.24. The zero-order valence-electron chi connectivity index (χ0n) is 10.7. The van der Waals surface area contributed by atoms with Crippen molar-refractivity contribution in [1.82, 2.24) is 0 Å². The lowest BCUT2D eigenvalue weighted by molar-refractivity contribution is 0.600.